The fraction of sp³-hybridized carbons (Fsp3) is 0.846. The molecule has 1 saturated heterocycles. The predicted octanol–water partition coefficient (Wildman–Crippen LogP) is -0.340. The van der Waals surface area contributed by atoms with Gasteiger partial charge in [-0.15, -0.1) is 0 Å². The third kappa shape index (κ3) is 6.21. The van der Waals surface area contributed by atoms with Crippen molar-refractivity contribution < 1.29 is 14.3 Å². The SMILES string of the molecule is CC(C)(C)OC(=O)NCC(C(N)=O)N1CCCNCC1. The van der Waals surface area contributed by atoms with E-state index in [1.807, 2.05) is 4.90 Å². The Labute approximate surface area is 120 Å². The Hall–Kier alpha value is -1.34. The summed E-state index contributed by atoms with van der Waals surface area (Å²) < 4.78 is 5.15. The first-order valence-corrected chi connectivity index (χ1v) is 7.00. The zero-order valence-corrected chi connectivity index (χ0v) is 12.6. The zero-order chi connectivity index (χ0) is 15.2. The smallest absolute Gasteiger partial charge is 0.407 e. The summed E-state index contributed by atoms with van der Waals surface area (Å²) in [6, 6.07) is -0.498. The summed E-state index contributed by atoms with van der Waals surface area (Å²) in [5, 5.41) is 5.88. The van der Waals surface area contributed by atoms with Gasteiger partial charge < -0.3 is 21.1 Å². The molecule has 1 rings (SSSR count). The summed E-state index contributed by atoms with van der Waals surface area (Å²) in [6.07, 6.45) is 0.424. The number of primary amides is 1. The van der Waals surface area contributed by atoms with Crippen LogP contribution >= 0.6 is 0 Å². The highest BCUT2D eigenvalue weighted by Gasteiger charge is 2.26. The molecule has 0 radical (unpaired) electrons. The van der Waals surface area contributed by atoms with E-state index in [0.29, 0.717) is 0 Å². The van der Waals surface area contributed by atoms with E-state index in [-0.39, 0.29) is 6.54 Å². The quantitative estimate of drug-likeness (QED) is 0.657. The van der Waals surface area contributed by atoms with Crippen LogP contribution in [0.1, 0.15) is 27.2 Å². The Kier molecular flexibility index (Phi) is 6.22. The van der Waals surface area contributed by atoms with Gasteiger partial charge in [-0.1, -0.05) is 0 Å². The minimum Gasteiger partial charge on any atom is -0.444 e. The Bertz CT molecular complexity index is 333. The van der Waals surface area contributed by atoms with E-state index in [2.05, 4.69) is 10.6 Å². The number of carbonyl (C=O) groups is 2. The molecule has 116 valence electrons. The molecule has 1 fully saturated rings. The molecule has 0 aliphatic carbocycles. The normalized spacial score (nSPS) is 18.9. The van der Waals surface area contributed by atoms with Crippen LogP contribution in [0.25, 0.3) is 0 Å². The summed E-state index contributed by atoms with van der Waals surface area (Å²) in [6.45, 7) is 8.82. The molecule has 4 N–H and O–H groups in total. The fourth-order valence-electron chi connectivity index (χ4n) is 2.08. The lowest BCUT2D eigenvalue weighted by Gasteiger charge is -2.28. The van der Waals surface area contributed by atoms with Crippen LogP contribution in [0.3, 0.4) is 0 Å². The van der Waals surface area contributed by atoms with Gasteiger partial charge in [-0.2, -0.15) is 0 Å². The Morgan fingerprint density at radius 3 is 2.65 bits per heavy atom. The van der Waals surface area contributed by atoms with E-state index in [0.717, 1.165) is 32.6 Å². The molecule has 0 bridgehead atoms. The molecule has 20 heavy (non-hydrogen) atoms. The van der Waals surface area contributed by atoms with Gasteiger partial charge in [0.15, 0.2) is 0 Å². The van der Waals surface area contributed by atoms with Crippen molar-refractivity contribution in [1.82, 2.24) is 15.5 Å². The van der Waals surface area contributed by atoms with E-state index < -0.39 is 23.6 Å². The summed E-state index contributed by atoms with van der Waals surface area (Å²) in [5.74, 6) is -0.428. The first kappa shape index (κ1) is 16.7. The average Bonchev–Trinajstić information content (AvgIpc) is 2.55. The molecule has 7 nitrogen and oxygen atoms in total. The van der Waals surface area contributed by atoms with Crippen molar-refractivity contribution in [1.29, 1.82) is 0 Å². The monoisotopic (exact) mass is 286 g/mol. The van der Waals surface area contributed by atoms with Crippen LogP contribution in [0.15, 0.2) is 0 Å². The van der Waals surface area contributed by atoms with Crippen molar-refractivity contribution in [3.8, 4) is 0 Å². The summed E-state index contributed by atoms with van der Waals surface area (Å²) in [4.78, 5) is 25.2. The third-order valence-corrected chi connectivity index (χ3v) is 2.98. The van der Waals surface area contributed by atoms with E-state index in [4.69, 9.17) is 10.5 Å². The average molecular weight is 286 g/mol. The Morgan fingerprint density at radius 2 is 2.05 bits per heavy atom. The minimum atomic E-state index is -0.557. The van der Waals surface area contributed by atoms with Crippen LogP contribution in [0, 0.1) is 0 Å². The largest absolute Gasteiger partial charge is 0.444 e. The molecular formula is C13H26N4O3. The van der Waals surface area contributed by atoms with Gasteiger partial charge in [0.2, 0.25) is 5.91 Å². The number of nitrogens with two attached hydrogens (primary N) is 1. The van der Waals surface area contributed by atoms with Crippen LogP contribution in [-0.2, 0) is 9.53 Å². The lowest BCUT2D eigenvalue weighted by molar-refractivity contribution is -0.123. The first-order valence-electron chi connectivity index (χ1n) is 7.00. The molecule has 1 atom stereocenters. The lowest BCUT2D eigenvalue weighted by atomic mass is 10.2. The highest BCUT2D eigenvalue weighted by molar-refractivity contribution is 5.81. The van der Waals surface area contributed by atoms with E-state index in [9.17, 15) is 9.59 Å². The molecule has 1 aliphatic heterocycles. The van der Waals surface area contributed by atoms with Crippen molar-refractivity contribution in [3.63, 3.8) is 0 Å². The van der Waals surface area contributed by atoms with Gasteiger partial charge in [0.1, 0.15) is 11.6 Å². The van der Waals surface area contributed by atoms with Crippen LogP contribution < -0.4 is 16.4 Å². The fourth-order valence-corrected chi connectivity index (χ4v) is 2.08. The van der Waals surface area contributed by atoms with Crippen LogP contribution in [0.2, 0.25) is 0 Å². The standard InChI is InChI=1S/C13H26N4O3/c1-13(2,3)20-12(19)16-9-10(11(14)18)17-7-4-5-15-6-8-17/h10,15H,4-9H2,1-3H3,(H2,14,18)(H,16,19). The first-order chi connectivity index (χ1) is 9.29. The molecular weight excluding hydrogens is 260 g/mol. The molecule has 0 saturated carbocycles. The van der Waals surface area contributed by atoms with Gasteiger partial charge in [-0.25, -0.2) is 4.79 Å². The summed E-state index contributed by atoms with van der Waals surface area (Å²) >= 11 is 0. The molecule has 0 aromatic carbocycles. The van der Waals surface area contributed by atoms with E-state index >= 15 is 0 Å². The highest BCUT2D eigenvalue weighted by Crippen LogP contribution is 2.07. The number of ether oxygens (including phenoxy) is 1. The summed E-state index contributed by atoms with van der Waals surface area (Å²) in [5.41, 5.74) is 4.88. The second-order valence-electron chi connectivity index (χ2n) is 5.94. The number of rotatable bonds is 4. The van der Waals surface area contributed by atoms with Crippen LogP contribution in [0.5, 0.6) is 0 Å². The van der Waals surface area contributed by atoms with E-state index in [1.165, 1.54) is 0 Å². The number of hydrogen-bond donors (Lipinski definition) is 3. The molecule has 1 heterocycles. The number of nitrogens with one attached hydrogen (secondary N) is 2. The predicted molar refractivity (Wildman–Crippen MR) is 76.3 cm³/mol. The van der Waals surface area contributed by atoms with Crippen molar-refractivity contribution in [2.45, 2.75) is 38.8 Å². The molecule has 1 unspecified atom stereocenters. The van der Waals surface area contributed by atoms with Gasteiger partial charge in [0, 0.05) is 26.2 Å². The van der Waals surface area contributed by atoms with Gasteiger partial charge >= 0.3 is 6.09 Å². The second kappa shape index (κ2) is 7.44. The molecule has 7 heteroatoms. The van der Waals surface area contributed by atoms with Crippen molar-refractivity contribution >= 4 is 12.0 Å². The maximum atomic E-state index is 11.6. The van der Waals surface area contributed by atoms with Crippen LogP contribution in [0.4, 0.5) is 4.79 Å². The minimum absolute atomic E-state index is 0.171. The third-order valence-electron chi connectivity index (χ3n) is 2.98. The van der Waals surface area contributed by atoms with Gasteiger partial charge in [0.05, 0.1) is 0 Å². The maximum Gasteiger partial charge on any atom is 0.407 e. The molecule has 0 aromatic heterocycles. The van der Waals surface area contributed by atoms with Crippen molar-refractivity contribution in [3.05, 3.63) is 0 Å². The number of nitrogens with zero attached hydrogens (tertiary/aromatic N) is 1. The van der Waals surface area contributed by atoms with Crippen LogP contribution in [-0.4, -0.2) is 61.3 Å². The number of carbonyl (C=O) groups excluding carboxylic acids is 2. The topological polar surface area (TPSA) is 96.7 Å². The van der Waals surface area contributed by atoms with Gasteiger partial charge in [-0.05, 0) is 33.7 Å². The Morgan fingerprint density at radius 1 is 1.35 bits per heavy atom. The molecule has 1 aliphatic rings. The van der Waals surface area contributed by atoms with E-state index in [1.54, 1.807) is 20.8 Å². The Balaban J connectivity index is 2.50. The maximum absolute atomic E-state index is 11.6. The number of amides is 2. The van der Waals surface area contributed by atoms with Crippen molar-refractivity contribution in [2.75, 3.05) is 32.7 Å². The lowest BCUT2D eigenvalue weighted by Crippen LogP contribution is -2.52. The van der Waals surface area contributed by atoms with Gasteiger partial charge in [0.25, 0.3) is 0 Å². The highest BCUT2D eigenvalue weighted by atomic mass is 16.6. The van der Waals surface area contributed by atoms with Gasteiger partial charge in [-0.3, -0.25) is 9.69 Å². The zero-order valence-electron chi connectivity index (χ0n) is 12.6. The van der Waals surface area contributed by atoms with Crippen molar-refractivity contribution in [2.24, 2.45) is 5.73 Å². The molecule has 0 aromatic rings. The number of alkyl carbamates (subject to hydrolysis) is 1. The second-order valence-corrected chi connectivity index (χ2v) is 5.94. The molecule has 2 amide bonds. The number of hydrogen-bond acceptors (Lipinski definition) is 5. The molecule has 0 spiro atoms. The summed E-state index contributed by atoms with van der Waals surface area (Å²) in [7, 11) is 0.